The molecule has 1 aliphatic rings. The van der Waals surface area contributed by atoms with E-state index >= 15 is 0 Å². The normalized spacial score (nSPS) is 19.1. The zero-order valence-corrected chi connectivity index (χ0v) is 15.7. The third kappa shape index (κ3) is 2.67. The Kier molecular flexibility index (Phi) is 4.30. The van der Waals surface area contributed by atoms with Gasteiger partial charge in [-0.1, -0.05) is 11.2 Å². The molecular formula is C18H24N2O3S. The van der Waals surface area contributed by atoms with Crippen LogP contribution < -0.4 is 0 Å². The van der Waals surface area contributed by atoms with E-state index in [1.54, 1.807) is 10.4 Å². The van der Waals surface area contributed by atoms with Crippen LogP contribution in [0.4, 0.5) is 0 Å². The van der Waals surface area contributed by atoms with Gasteiger partial charge < -0.3 is 4.52 Å². The van der Waals surface area contributed by atoms with Crippen LogP contribution >= 0.6 is 0 Å². The fourth-order valence-corrected chi connectivity index (χ4v) is 5.58. The number of rotatable bonds is 3. The summed E-state index contributed by atoms with van der Waals surface area (Å²) in [5.74, 6) is 0.705. The molecule has 1 atom stereocenters. The summed E-state index contributed by atoms with van der Waals surface area (Å²) in [7, 11) is -3.55. The molecule has 24 heavy (non-hydrogen) atoms. The Bertz CT molecular complexity index is 864. The molecule has 0 N–H and O–H groups in total. The molecule has 0 amide bonds. The highest BCUT2D eigenvalue weighted by Crippen LogP contribution is 2.39. The van der Waals surface area contributed by atoms with Gasteiger partial charge in [-0.3, -0.25) is 0 Å². The van der Waals surface area contributed by atoms with Gasteiger partial charge >= 0.3 is 0 Å². The second kappa shape index (κ2) is 6.01. The summed E-state index contributed by atoms with van der Waals surface area (Å²) in [5.41, 5.74) is 4.58. The predicted octanol–water partition coefficient (Wildman–Crippen LogP) is 3.74. The van der Waals surface area contributed by atoms with E-state index in [0.29, 0.717) is 17.2 Å². The van der Waals surface area contributed by atoms with E-state index in [0.717, 1.165) is 40.8 Å². The Morgan fingerprint density at radius 1 is 1.08 bits per heavy atom. The summed E-state index contributed by atoms with van der Waals surface area (Å²) in [6, 6.07) is 3.55. The van der Waals surface area contributed by atoms with Gasteiger partial charge in [0.25, 0.3) is 0 Å². The average Bonchev–Trinajstić information content (AvgIpc) is 3.10. The minimum Gasteiger partial charge on any atom is -0.361 e. The Morgan fingerprint density at radius 2 is 1.75 bits per heavy atom. The maximum atomic E-state index is 13.3. The number of hydrogen-bond donors (Lipinski definition) is 0. The molecule has 1 unspecified atom stereocenters. The van der Waals surface area contributed by atoms with E-state index in [2.05, 4.69) is 5.16 Å². The van der Waals surface area contributed by atoms with E-state index in [1.165, 1.54) is 0 Å². The summed E-state index contributed by atoms with van der Waals surface area (Å²) < 4.78 is 33.5. The van der Waals surface area contributed by atoms with E-state index in [1.807, 2.05) is 40.7 Å². The van der Waals surface area contributed by atoms with Gasteiger partial charge in [0.05, 0.1) is 16.6 Å². The highest BCUT2D eigenvalue weighted by Gasteiger charge is 2.39. The molecule has 2 heterocycles. The van der Waals surface area contributed by atoms with Crippen molar-refractivity contribution in [2.75, 3.05) is 6.54 Å². The summed E-state index contributed by atoms with van der Waals surface area (Å²) in [6.07, 6.45) is 1.64. The SMILES string of the molecule is Cc1cc(C)c(S(=O)(=O)N2CCCC2c2c(C)noc2C)cc1C. The first-order chi connectivity index (χ1) is 11.2. The molecule has 130 valence electrons. The largest absolute Gasteiger partial charge is 0.361 e. The first-order valence-electron chi connectivity index (χ1n) is 8.26. The van der Waals surface area contributed by atoms with Crippen LogP contribution in [0.15, 0.2) is 21.6 Å². The van der Waals surface area contributed by atoms with E-state index < -0.39 is 10.0 Å². The van der Waals surface area contributed by atoms with Gasteiger partial charge in [0.15, 0.2) is 0 Å². The van der Waals surface area contributed by atoms with E-state index in [-0.39, 0.29) is 6.04 Å². The van der Waals surface area contributed by atoms with Crippen LogP contribution in [-0.2, 0) is 10.0 Å². The van der Waals surface area contributed by atoms with Crippen molar-refractivity contribution < 1.29 is 12.9 Å². The van der Waals surface area contributed by atoms with Crippen molar-refractivity contribution in [1.82, 2.24) is 9.46 Å². The van der Waals surface area contributed by atoms with Crippen LogP contribution in [0.1, 0.15) is 52.6 Å². The Morgan fingerprint density at radius 3 is 2.38 bits per heavy atom. The molecule has 0 spiro atoms. The van der Waals surface area contributed by atoms with Crippen molar-refractivity contribution in [1.29, 1.82) is 0 Å². The molecule has 0 saturated carbocycles. The van der Waals surface area contributed by atoms with Gasteiger partial charge in [-0.25, -0.2) is 8.42 Å². The zero-order chi connectivity index (χ0) is 17.6. The Hall–Kier alpha value is -1.66. The van der Waals surface area contributed by atoms with E-state index in [4.69, 9.17) is 4.52 Å². The van der Waals surface area contributed by atoms with Crippen molar-refractivity contribution in [2.24, 2.45) is 0 Å². The number of aromatic nitrogens is 1. The Labute approximate surface area is 143 Å². The highest BCUT2D eigenvalue weighted by molar-refractivity contribution is 7.89. The van der Waals surface area contributed by atoms with Crippen LogP contribution in [-0.4, -0.2) is 24.4 Å². The monoisotopic (exact) mass is 348 g/mol. The molecule has 1 aliphatic heterocycles. The lowest BCUT2D eigenvalue weighted by Gasteiger charge is -2.25. The van der Waals surface area contributed by atoms with Crippen molar-refractivity contribution in [3.63, 3.8) is 0 Å². The molecular weight excluding hydrogens is 324 g/mol. The maximum absolute atomic E-state index is 13.3. The first kappa shape index (κ1) is 17.2. The molecule has 5 nitrogen and oxygen atoms in total. The van der Waals surface area contributed by atoms with Gasteiger partial charge in [-0.15, -0.1) is 0 Å². The third-order valence-corrected chi connectivity index (χ3v) is 7.05. The van der Waals surface area contributed by atoms with Crippen LogP contribution in [0.25, 0.3) is 0 Å². The van der Waals surface area contributed by atoms with Crippen LogP contribution in [0, 0.1) is 34.6 Å². The van der Waals surface area contributed by atoms with Gasteiger partial charge in [0.1, 0.15) is 5.76 Å². The van der Waals surface area contributed by atoms with Gasteiger partial charge in [0, 0.05) is 12.1 Å². The van der Waals surface area contributed by atoms with E-state index in [9.17, 15) is 8.42 Å². The molecule has 1 fully saturated rings. The molecule has 0 bridgehead atoms. The smallest absolute Gasteiger partial charge is 0.243 e. The molecule has 0 aliphatic carbocycles. The predicted molar refractivity (Wildman–Crippen MR) is 92.5 cm³/mol. The second-order valence-corrected chi connectivity index (χ2v) is 8.57. The van der Waals surface area contributed by atoms with Crippen molar-refractivity contribution >= 4 is 10.0 Å². The fourth-order valence-electron chi connectivity index (χ4n) is 3.62. The summed E-state index contributed by atoms with van der Waals surface area (Å²) in [6.45, 7) is 10.1. The lowest BCUT2D eigenvalue weighted by molar-refractivity contribution is 0.376. The van der Waals surface area contributed by atoms with Crippen LogP contribution in [0.3, 0.4) is 0 Å². The standard InChI is InChI=1S/C18H24N2O3S/c1-11-9-13(3)17(10-12(11)2)24(21,22)20-8-6-7-16(20)18-14(4)19-23-15(18)5/h9-10,16H,6-8H2,1-5H3. The number of nitrogens with zero attached hydrogens (tertiary/aromatic N) is 2. The molecule has 6 heteroatoms. The number of aryl methyl sites for hydroxylation is 5. The number of sulfonamides is 1. The third-order valence-electron chi connectivity index (χ3n) is 5.00. The number of hydrogen-bond acceptors (Lipinski definition) is 4. The van der Waals surface area contributed by atoms with Crippen molar-refractivity contribution in [3.8, 4) is 0 Å². The summed E-state index contributed by atoms with van der Waals surface area (Å²) in [4.78, 5) is 0.407. The highest BCUT2D eigenvalue weighted by atomic mass is 32.2. The molecule has 0 radical (unpaired) electrons. The maximum Gasteiger partial charge on any atom is 0.243 e. The summed E-state index contributed by atoms with van der Waals surface area (Å²) in [5, 5.41) is 4.00. The molecule has 3 rings (SSSR count). The second-order valence-electron chi connectivity index (χ2n) is 6.71. The lowest BCUT2D eigenvalue weighted by atomic mass is 10.0. The fraction of sp³-hybridized carbons (Fsp3) is 0.500. The molecule has 2 aromatic rings. The lowest BCUT2D eigenvalue weighted by Crippen LogP contribution is -2.31. The molecule has 1 saturated heterocycles. The Balaban J connectivity index is 2.08. The first-order valence-corrected chi connectivity index (χ1v) is 9.70. The average molecular weight is 348 g/mol. The van der Waals surface area contributed by atoms with Gasteiger partial charge in [-0.05, 0) is 70.2 Å². The van der Waals surface area contributed by atoms with Crippen molar-refractivity contribution in [2.45, 2.75) is 58.4 Å². The van der Waals surface area contributed by atoms with Crippen molar-refractivity contribution in [3.05, 3.63) is 45.8 Å². The quantitative estimate of drug-likeness (QED) is 0.847. The topological polar surface area (TPSA) is 63.4 Å². The van der Waals surface area contributed by atoms with Crippen LogP contribution in [0.5, 0.6) is 0 Å². The zero-order valence-electron chi connectivity index (χ0n) is 14.9. The summed E-state index contributed by atoms with van der Waals surface area (Å²) >= 11 is 0. The van der Waals surface area contributed by atoms with Gasteiger partial charge in [0.2, 0.25) is 10.0 Å². The number of benzene rings is 1. The minimum atomic E-state index is -3.55. The van der Waals surface area contributed by atoms with Gasteiger partial charge in [-0.2, -0.15) is 4.31 Å². The molecule has 1 aromatic heterocycles. The van der Waals surface area contributed by atoms with Crippen LogP contribution in [0.2, 0.25) is 0 Å². The molecule has 1 aromatic carbocycles. The minimum absolute atomic E-state index is 0.192.